The summed E-state index contributed by atoms with van der Waals surface area (Å²) >= 11 is 6.14. The predicted molar refractivity (Wildman–Crippen MR) is 123 cm³/mol. The molecule has 0 aliphatic rings. The average Bonchev–Trinajstić information content (AvgIpc) is 3.10. The van der Waals surface area contributed by atoms with Gasteiger partial charge >= 0.3 is 0 Å². The van der Waals surface area contributed by atoms with Gasteiger partial charge in [0.15, 0.2) is 17.0 Å². The summed E-state index contributed by atoms with van der Waals surface area (Å²) in [7, 11) is 0. The number of rotatable bonds is 8. The molecule has 0 aliphatic heterocycles. The van der Waals surface area contributed by atoms with Crippen molar-refractivity contribution < 1.29 is 5.11 Å². The molecule has 0 saturated carbocycles. The van der Waals surface area contributed by atoms with Crippen molar-refractivity contribution in [2.45, 2.75) is 65.3 Å². The van der Waals surface area contributed by atoms with Crippen molar-refractivity contribution in [2.24, 2.45) is 0 Å². The molecule has 8 nitrogen and oxygen atoms in total. The zero-order valence-corrected chi connectivity index (χ0v) is 18.8. The van der Waals surface area contributed by atoms with Gasteiger partial charge in [-0.3, -0.25) is 0 Å². The number of anilines is 3. The molecule has 1 unspecified atom stereocenters. The Morgan fingerprint density at radius 1 is 1.27 bits per heavy atom. The van der Waals surface area contributed by atoms with Gasteiger partial charge in [-0.15, -0.1) is 0 Å². The number of nitrogens with zero attached hydrogens (tertiary/aromatic N) is 4. The van der Waals surface area contributed by atoms with Crippen LogP contribution >= 0.6 is 11.6 Å². The van der Waals surface area contributed by atoms with E-state index in [9.17, 15) is 5.11 Å². The van der Waals surface area contributed by atoms with Crippen LogP contribution in [0.3, 0.4) is 0 Å². The Bertz CT molecular complexity index is 1030. The highest BCUT2D eigenvalue weighted by Gasteiger charge is 2.26. The van der Waals surface area contributed by atoms with Gasteiger partial charge < -0.3 is 26.0 Å². The van der Waals surface area contributed by atoms with Crippen molar-refractivity contribution in [3.63, 3.8) is 0 Å². The van der Waals surface area contributed by atoms with Gasteiger partial charge in [-0.1, -0.05) is 30.7 Å². The molecule has 3 rings (SSSR count). The van der Waals surface area contributed by atoms with Crippen molar-refractivity contribution in [1.29, 1.82) is 0 Å². The fourth-order valence-corrected chi connectivity index (χ4v) is 3.53. The van der Waals surface area contributed by atoms with Gasteiger partial charge in [-0.2, -0.15) is 9.97 Å². The number of hydrogen-bond acceptors (Lipinski definition) is 7. The van der Waals surface area contributed by atoms with E-state index in [1.807, 2.05) is 23.6 Å². The zero-order chi connectivity index (χ0) is 22.1. The first-order valence-corrected chi connectivity index (χ1v) is 10.5. The van der Waals surface area contributed by atoms with Crippen LogP contribution in [-0.4, -0.2) is 36.3 Å². The summed E-state index contributed by atoms with van der Waals surface area (Å²) in [6.45, 7) is 10.1. The maximum Gasteiger partial charge on any atom is 0.227 e. The molecule has 1 aromatic carbocycles. The van der Waals surface area contributed by atoms with Crippen LogP contribution in [0.2, 0.25) is 5.02 Å². The van der Waals surface area contributed by atoms with E-state index in [1.165, 1.54) is 0 Å². The number of nitrogens with two attached hydrogens (primary N) is 1. The number of nitrogens with one attached hydrogen (secondary N) is 2. The van der Waals surface area contributed by atoms with Crippen molar-refractivity contribution in [3.05, 3.63) is 35.1 Å². The Balaban J connectivity index is 2.00. The predicted octanol–water partition coefficient (Wildman–Crippen LogP) is 4.22. The molecule has 0 fully saturated rings. The number of aromatic nitrogens is 4. The third-order valence-corrected chi connectivity index (χ3v) is 5.46. The van der Waals surface area contributed by atoms with E-state index in [4.69, 9.17) is 17.3 Å². The second-order valence-corrected chi connectivity index (χ2v) is 8.65. The summed E-state index contributed by atoms with van der Waals surface area (Å²) in [4.78, 5) is 13.9. The van der Waals surface area contributed by atoms with E-state index in [0.717, 1.165) is 17.6 Å². The van der Waals surface area contributed by atoms with Crippen LogP contribution in [0, 0.1) is 0 Å². The third kappa shape index (κ3) is 4.60. The lowest BCUT2D eigenvalue weighted by atomic mass is 9.97. The minimum Gasteiger partial charge on any atom is -0.397 e. The van der Waals surface area contributed by atoms with Crippen molar-refractivity contribution in [1.82, 2.24) is 19.5 Å². The fourth-order valence-electron chi connectivity index (χ4n) is 3.33. The number of aliphatic hydroxyl groups is 1. The van der Waals surface area contributed by atoms with Crippen LogP contribution in [0.25, 0.3) is 11.2 Å². The van der Waals surface area contributed by atoms with Crippen LogP contribution in [0.5, 0.6) is 0 Å². The summed E-state index contributed by atoms with van der Waals surface area (Å²) in [5.74, 6) is 1.02. The van der Waals surface area contributed by atoms with Gasteiger partial charge in [0.05, 0.1) is 28.7 Å². The Kier molecular flexibility index (Phi) is 6.38. The van der Waals surface area contributed by atoms with Crippen molar-refractivity contribution >= 4 is 40.2 Å². The SMILES string of the molecule is CCC(Nc1nc(NCc2cccc(Cl)c2N)c2ncn(C(C)C)c2n1)C(C)(C)O. The highest BCUT2D eigenvalue weighted by atomic mass is 35.5. The van der Waals surface area contributed by atoms with Crippen LogP contribution in [0.4, 0.5) is 17.5 Å². The molecule has 5 N–H and O–H groups in total. The van der Waals surface area contributed by atoms with E-state index < -0.39 is 5.60 Å². The summed E-state index contributed by atoms with van der Waals surface area (Å²) in [6, 6.07) is 5.52. The molecule has 0 bridgehead atoms. The van der Waals surface area contributed by atoms with Gasteiger partial charge in [-0.05, 0) is 45.7 Å². The monoisotopic (exact) mass is 431 g/mol. The summed E-state index contributed by atoms with van der Waals surface area (Å²) in [6.07, 6.45) is 2.48. The topological polar surface area (TPSA) is 114 Å². The average molecular weight is 432 g/mol. The number of hydrogen-bond donors (Lipinski definition) is 4. The highest BCUT2D eigenvalue weighted by molar-refractivity contribution is 6.33. The second kappa shape index (κ2) is 8.65. The van der Waals surface area contributed by atoms with E-state index in [2.05, 4.69) is 39.4 Å². The molecule has 0 saturated heterocycles. The normalized spacial score (nSPS) is 13.1. The van der Waals surface area contributed by atoms with Gasteiger partial charge in [-0.25, -0.2) is 4.98 Å². The molecule has 0 radical (unpaired) electrons. The minimum absolute atomic E-state index is 0.186. The van der Waals surface area contributed by atoms with Crippen molar-refractivity contribution in [3.8, 4) is 0 Å². The molecule has 1 atom stereocenters. The lowest BCUT2D eigenvalue weighted by Crippen LogP contribution is -2.41. The molecule has 0 aliphatic carbocycles. The number of halogens is 1. The molecule has 30 heavy (non-hydrogen) atoms. The third-order valence-electron chi connectivity index (χ3n) is 5.13. The fraction of sp³-hybridized carbons (Fsp3) is 0.476. The molecular weight excluding hydrogens is 402 g/mol. The first-order chi connectivity index (χ1) is 14.1. The quantitative estimate of drug-likeness (QED) is 0.395. The summed E-state index contributed by atoms with van der Waals surface area (Å²) < 4.78 is 1.99. The number of nitrogen functional groups attached to an aromatic ring is 1. The Morgan fingerprint density at radius 2 is 2.00 bits per heavy atom. The maximum atomic E-state index is 10.5. The highest BCUT2D eigenvalue weighted by Crippen LogP contribution is 2.27. The maximum absolute atomic E-state index is 10.5. The first kappa shape index (κ1) is 22.1. The minimum atomic E-state index is -0.922. The number of para-hydroxylation sites is 1. The smallest absolute Gasteiger partial charge is 0.227 e. The van der Waals surface area contributed by atoms with Gasteiger partial charge in [0, 0.05) is 12.6 Å². The van der Waals surface area contributed by atoms with E-state index in [0.29, 0.717) is 34.5 Å². The molecule has 3 aromatic rings. The Labute approximate surface area is 181 Å². The van der Waals surface area contributed by atoms with E-state index >= 15 is 0 Å². The molecule has 162 valence electrons. The van der Waals surface area contributed by atoms with Crippen LogP contribution in [0.1, 0.15) is 52.6 Å². The van der Waals surface area contributed by atoms with Crippen molar-refractivity contribution in [2.75, 3.05) is 16.4 Å². The summed E-state index contributed by atoms with van der Waals surface area (Å²) in [5.41, 5.74) is 7.98. The molecule has 0 amide bonds. The van der Waals surface area contributed by atoms with Crippen LogP contribution in [0.15, 0.2) is 24.5 Å². The number of fused-ring (bicyclic) bond motifs is 1. The van der Waals surface area contributed by atoms with Crippen LogP contribution in [-0.2, 0) is 6.54 Å². The van der Waals surface area contributed by atoms with Gasteiger partial charge in [0.1, 0.15) is 0 Å². The van der Waals surface area contributed by atoms with E-state index in [-0.39, 0.29) is 12.1 Å². The Morgan fingerprint density at radius 3 is 2.63 bits per heavy atom. The van der Waals surface area contributed by atoms with Gasteiger partial charge in [0.2, 0.25) is 5.95 Å². The number of benzene rings is 1. The summed E-state index contributed by atoms with van der Waals surface area (Å²) in [5, 5.41) is 17.6. The standard InChI is InChI=1S/C21H30ClN7O/c1-6-15(21(4,5)30)26-20-27-18(17-19(28-20)29(11-25-17)12(2)3)24-10-13-8-7-9-14(22)16(13)23/h7-9,11-12,15,30H,6,10,23H2,1-5H3,(H2,24,26,27,28). The lowest BCUT2D eigenvalue weighted by Gasteiger charge is -2.29. The van der Waals surface area contributed by atoms with Gasteiger partial charge in [0.25, 0.3) is 0 Å². The second-order valence-electron chi connectivity index (χ2n) is 8.24. The molecule has 2 aromatic heterocycles. The molecule has 0 spiro atoms. The molecular formula is C21H30ClN7O. The lowest BCUT2D eigenvalue weighted by molar-refractivity contribution is 0.0577. The number of imidazole rings is 1. The molecule has 9 heteroatoms. The Hall–Kier alpha value is -2.58. The zero-order valence-electron chi connectivity index (χ0n) is 18.1. The molecule has 2 heterocycles. The largest absolute Gasteiger partial charge is 0.397 e. The first-order valence-electron chi connectivity index (χ1n) is 10.1. The van der Waals surface area contributed by atoms with Crippen LogP contribution < -0.4 is 16.4 Å². The van der Waals surface area contributed by atoms with E-state index in [1.54, 1.807) is 26.2 Å².